The van der Waals surface area contributed by atoms with E-state index in [9.17, 15) is 19.7 Å². The van der Waals surface area contributed by atoms with E-state index < -0.39 is 16.9 Å². The van der Waals surface area contributed by atoms with Crippen molar-refractivity contribution in [2.45, 2.75) is 32.9 Å². The topological polar surface area (TPSA) is 104 Å². The van der Waals surface area contributed by atoms with E-state index in [0.717, 1.165) is 4.88 Å². The minimum atomic E-state index is -0.628. The van der Waals surface area contributed by atoms with Crippen LogP contribution in [0.1, 0.15) is 37.3 Å². The van der Waals surface area contributed by atoms with E-state index in [1.54, 1.807) is 39.0 Å². The number of nitro groups is 1. The number of rotatable bonds is 5. The summed E-state index contributed by atoms with van der Waals surface area (Å²) in [6, 6.07) is 9.07. The van der Waals surface area contributed by atoms with Crippen LogP contribution in [0.15, 0.2) is 62.8 Å². The maximum absolute atomic E-state index is 13.4. The standard InChI is InChI=1S/C22H19N3O5S2/c1-12(2)30-21(27)18-13(3)23-22-24(19(18)16-5-4-10-31-16)20(26)17(32-22)11-14-6-8-15(9-7-14)25(28)29/h4-12,19H,1-3H3. The Morgan fingerprint density at radius 2 is 2.00 bits per heavy atom. The summed E-state index contributed by atoms with van der Waals surface area (Å²) in [4.78, 5) is 42.6. The quantitative estimate of drug-likeness (QED) is 0.324. The molecule has 1 aliphatic rings. The van der Waals surface area contributed by atoms with Crippen LogP contribution in [0, 0.1) is 10.1 Å². The molecule has 2 aromatic heterocycles. The predicted octanol–water partition coefficient (Wildman–Crippen LogP) is 3.16. The van der Waals surface area contributed by atoms with Gasteiger partial charge in [-0.25, -0.2) is 9.79 Å². The van der Waals surface area contributed by atoms with Gasteiger partial charge in [0.15, 0.2) is 4.80 Å². The van der Waals surface area contributed by atoms with Crippen molar-refractivity contribution in [3.05, 3.63) is 93.3 Å². The number of carbonyl (C=O) groups is 1. The Hall–Kier alpha value is -3.37. The second-order valence-electron chi connectivity index (χ2n) is 7.40. The van der Waals surface area contributed by atoms with E-state index in [1.807, 2.05) is 17.5 Å². The van der Waals surface area contributed by atoms with Crippen LogP contribution in [0.5, 0.6) is 0 Å². The van der Waals surface area contributed by atoms with Gasteiger partial charge < -0.3 is 4.74 Å². The van der Waals surface area contributed by atoms with E-state index in [1.165, 1.54) is 39.4 Å². The van der Waals surface area contributed by atoms with Gasteiger partial charge in [0, 0.05) is 17.0 Å². The first-order chi connectivity index (χ1) is 15.3. The molecule has 0 saturated heterocycles. The molecule has 8 nitrogen and oxygen atoms in total. The largest absolute Gasteiger partial charge is 0.459 e. The summed E-state index contributed by atoms with van der Waals surface area (Å²) in [7, 11) is 0. The fourth-order valence-corrected chi connectivity index (χ4v) is 5.29. The highest BCUT2D eigenvalue weighted by Gasteiger charge is 2.34. The van der Waals surface area contributed by atoms with Gasteiger partial charge in [0.25, 0.3) is 11.2 Å². The molecule has 0 amide bonds. The highest BCUT2D eigenvalue weighted by Crippen LogP contribution is 2.33. The van der Waals surface area contributed by atoms with Crippen LogP contribution in [0.4, 0.5) is 5.69 Å². The summed E-state index contributed by atoms with van der Waals surface area (Å²) in [5.41, 5.74) is 1.20. The summed E-state index contributed by atoms with van der Waals surface area (Å²) >= 11 is 2.66. The molecular weight excluding hydrogens is 450 g/mol. The number of hydrogen-bond acceptors (Lipinski definition) is 8. The van der Waals surface area contributed by atoms with Crippen molar-refractivity contribution in [3.63, 3.8) is 0 Å². The number of benzene rings is 1. The molecule has 1 aliphatic heterocycles. The van der Waals surface area contributed by atoms with Crippen molar-refractivity contribution >= 4 is 40.4 Å². The van der Waals surface area contributed by atoms with Crippen LogP contribution in [-0.2, 0) is 9.53 Å². The molecule has 0 radical (unpaired) electrons. The van der Waals surface area contributed by atoms with E-state index in [2.05, 4.69) is 4.99 Å². The van der Waals surface area contributed by atoms with Gasteiger partial charge in [-0.05, 0) is 56.0 Å². The van der Waals surface area contributed by atoms with Crippen LogP contribution in [-0.4, -0.2) is 21.6 Å². The van der Waals surface area contributed by atoms with Gasteiger partial charge in [-0.3, -0.25) is 19.5 Å². The number of nitrogens with zero attached hydrogens (tertiary/aromatic N) is 3. The molecule has 3 aromatic rings. The van der Waals surface area contributed by atoms with Crippen LogP contribution in [0.2, 0.25) is 0 Å². The number of hydrogen-bond donors (Lipinski definition) is 0. The number of thiophene rings is 1. The SMILES string of the molecule is CC1=C(C(=O)OC(C)C)C(c2cccs2)n2c(sc(=Cc3ccc([N+](=O)[O-])cc3)c2=O)=N1. The van der Waals surface area contributed by atoms with E-state index in [4.69, 9.17) is 4.74 Å². The monoisotopic (exact) mass is 469 g/mol. The number of ether oxygens (including phenoxy) is 1. The third-order valence-corrected chi connectivity index (χ3v) is 6.71. The number of esters is 1. The highest BCUT2D eigenvalue weighted by atomic mass is 32.1. The van der Waals surface area contributed by atoms with Crippen molar-refractivity contribution in [3.8, 4) is 0 Å². The molecule has 164 valence electrons. The summed E-state index contributed by atoms with van der Waals surface area (Å²) in [5.74, 6) is -0.496. The van der Waals surface area contributed by atoms with Crippen molar-refractivity contribution in [2.75, 3.05) is 0 Å². The molecule has 0 bridgehead atoms. The van der Waals surface area contributed by atoms with Gasteiger partial charge in [0.05, 0.1) is 26.8 Å². The minimum absolute atomic E-state index is 0.0229. The maximum Gasteiger partial charge on any atom is 0.338 e. The number of thiazole rings is 1. The summed E-state index contributed by atoms with van der Waals surface area (Å²) in [6.07, 6.45) is 1.36. The number of non-ortho nitro benzene ring substituents is 1. The highest BCUT2D eigenvalue weighted by molar-refractivity contribution is 7.10. The lowest BCUT2D eigenvalue weighted by Crippen LogP contribution is -2.39. The molecule has 1 aromatic carbocycles. The fourth-order valence-electron chi connectivity index (χ4n) is 3.42. The van der Waals surface area contributed by atoms with E-state index in [0.29, 0.717) is 26.2 Å². The predicted molar refractivity (Wildman–Crippen MR) is 122 cm³/mol. The summed E-state index contributed by atoms with van der Waals surface area (Å²) in [6.45, 7) is 5.28. The van der Waals surface area contributed by atoms with Crippen molar-refractivity contribution < 1.29 is 14.5 Å². The average molecular weight is 470 g/mol. The van der Waals surface area contributed by atoms with Crippen LogP contribution in [0.25, 0.3) is 6.08 Å². The molecule has 0 spiro atoms. The zero-order chi connectivity index (χ0) is 23.0. The first-order valence-corrected chi connectivity index (χ1v) is 11.5. The molecular formula is C22H19N3O5S2. The van der Waals surface area contributed by atoms with Gasteiger partial charge in [0.1, 0.15) is 6.04 Å². The number of nitro benzene ring substituents is 1. The molecule has 1 unspecified atom stereocenters. The van der Waals surface area contributed by atoms with Gasteiger partial charge in [0.2, 0.25) is 0 Å². The molecule has 32 heavy (non-hydrogen) atoms. The number of aromatic nitrogens is 1. The normalized spacial score (nSPS) is 16.1. The van der Waals surface area contributed by atoms with Gasteiger partial charge in [-0.1, -0.05) is 17.4 Å². The second-order valence-corrected chi connectivity index (χ2v) is 9.39. The molecule has 1 atom stereocenters. The van der Waals surface area contributed by atoms with E-state index >= 15 is 0 Å². The zero-order valence-corrected chi connectivity index (χ0v) is 19.1. The van der Waals surface area contributed by atoms with Crippen molar-refractivity contribution in [1.82, 2.24) is 4.57 Å². The smallest absolute Gasteiger partial charge is 0.338 e. The summed E-state index contributed by atoms with van der Waals surface area (Å²) < 4.78 is 7.40. The van der Waals surface area contributed by atoms with Crippen LogP contribution < -0.4 is 14.9 Å². The lowest BCUT2D eigenvalue weighted by Gasteiger charge is -2.24. The molecule has 0 N–H and O–H groups in total. The Kier molecular flexibility index (Phi) is 5.90. The van der Waals surface area contributed by atoms with Crippen LogP contribution >= 0.6 is 22.7 Å². The zero-order valence-electron chi connectivity index (χ0n) is 17.5. The molecule has 4 rings (SSSR count). The number of fused-ring (bicyclic) bond motifs is 1. The fraction of sp³-hybridized carbons (Fsp3) is 0.227. The van der Waals surface area contributed by atoms with Gasteiger partial charge in [-0.2, -0.15) is 0 Å². The Morgan fingerprint density at radius 1 is 1.28 bits per heavy atom. The summed E-state index contributed by atoms with van der Waals surface area (Å²) in [5, 5.41) is 12.8. The Bertz CT molecular complexity index is 1400. The van der Waals surface area contributed by atoms with Crippen LogP contribution in [0.3, 0.4) is 0 Å². The third kappa shape index (κ3) is 4.06. The van der Waals surface area contributed by atoms with Gasteiger partial charge in [-0.15, -0.1) is 11.3 Å². The maximum atomic E-state index is 13.4. The van der Waals surface area contributed by atoms with E-state index in [-0.39, 0.29) is 17.4 Å². The lowest BCUT2D eigenvalue weighted by atomic mass is 10.0. The first kappa shape index (κ1) is 21.8. The number of carbonyl (C=O) groups excluding carboxylic acids is 1. The second kappa shape index (κ2) is 8.64. The molecule has 0 aliphatic carbocycles. The Morgan fingerprint density at radius 3 is 2.59 bits per heavy atom. The third-order valence-electron chi connectivity index (χ3n) is 4.80. The van der Waals surface area contributed by atoms with Crippen molar-refractivity contribution in [2.24, 2.45) is 4.99 Å². The van der Waals surface area contributed by atoms with Gasteiger partial charge >= 0.3 is 5.97 Å². The Labute approximate surface area is 190 Å². The molecule has 0 fully saturated rings. The first-order valence-electron chi connectivity index (χ1n) is 9.77. The minimum Gasteiger partial charge on any atom is -0.459 e. The number of allylic oxidation sites excluding steroid dienone is 1. The molecule has 3 heterocycles. The lowest BCUT2D eigenvalue weighted by molar-refractivity contribution is -0.384. The average Bonchev–Trinajstić information content (AvgIpc) is 3.36. The molecule has 10 heteroatoms. The Balaban J connectivity index is 1.87. The van der Waals surface area contributed by atoms with Crippen molar-refractivity contribution in [1.29, 1.82) is 0 Å². The molecule has 0 saturated carbocycles.